The minimum Gasteiger partial charge on any atom is -0.289 e. The number of hydrogen-bond acceptors (Lipinski definition) is 3. The van der Waals surface area contributed by atoms with E-state index in [1.54, 1.807) is 0 Å². The molecule has 0 saturated heterocycles. The first kappa shape index (κ1) is 18.4. The first-order chi connectivity index (χ1) is 11.1. The molecule has 0 N–H and O–H groups in total. The third-order valence-corrected chi connectivity index (χ3v) is 3.70. The zero-order valence-electron chi connectivity index (χ0n) is 15.3. The molecular formula is C21H26O3. The molecule has 0 bridgehead atoms. The molecule has 0 atom stereocenters. The van der Waals surface area contributed by atoms with Crippen molar-refractivity contribution in [1.29, 1.82) is 0 Å². The molecule has 0 spiro atoms. The van der Waals surface area contributed by atoms with E-state index in [1.165, 1.54) is 0 Å². The summed E-state index contributed by atoms with van der Waals surface area (Å²) in [5.74, 6) is 0.0318. The fraction of sp³-hybridized carbons (Fsp3) is 0.381. The highest BCUT2D eigenvalue weighted by Crippen LogP contribution is 2.29. The standard InChI is InChI=1S/C21H26O3/c1-15-14-17(21(5,6)24-23-20(2,3)4)12-13-18(15)19(22)16-10-8-7-9-11-16/h7-14H,1-6H3. The van der Waals surface area contributed by atoms with E-state index in [-0.39, 0.29) is 11.4 Å². The average molecular weight is 326 g/mol. The molecule has 0 unspecified atom stereocenters. The predicted molar refractivity (Wildman–Crippen MR) is 96.0 cm³/mol. The van der Waals surface area contributed by atoms with Crippen LogP contribution in [-0.4, -0.2) is 11.4 Å². The van der Waals surface area contributed by atoms with Gasteiger partial charge in [-0.05, 0) is 52.7 Å². The number of aryl methyl sites for hydroxylation is 1. The highest BCUT2D eigenvalue weighted by atomic mass is 17.2. The Morgan fingerprint density at radius 3 is 2.04 bits per heavy atom. The molecule has 2 rings (SSSR count). The molecule has 0 aliphatic carbocycles. The van der Waals surface area contributed by atoms with Gasteiger partial charge in [-0.1, -0.05) is 48.5 Å². The largest absolute Gasteiger partial charge is 0.289 e. The Bertz CT molecular complexity index is 710. The maximum absolute atomic E-state index is 12.6. The smallest absolute Gasteiger partial charge is 0.193 e. The number of carbonyl (C=O) groups is 1. The van der Waals surface area contributed by atoms with Crippen molar-refractivity contribution in [2.45, 2.75) is 52.7 Å². The van der Waals surface area contributed by atoms with Crippen molar-refractivity contribution < 1.29 is 14.6 Å². The van der Waals surface area contributed by atoms with E-state index in [4.69, 9.17) is 9.78 Å². The van der Waals surface area contributed by atoms with Crippen molar-refractivity contribution >= 4 is 5.78 Å². The average Bonchev–Trinajstić information content (AvgIpc) is 2.52. The Balaban J connectivity index is 2.25. The second kappa shape index (κ2) is 6.88. The van der Waals surface area contributed by atoms with Gasteiger partial charge in [0.2, 0.25) is 0 Å². The Kier molecular flexibility index (Phi) is 5.26. The zero-order valence-corrected chi connectivity index (χ0v) is 15.3. The lowest BCUT2D eigenvalue weighted by Gasteiger charge is -2.29. The summed E-state index contributed by atoms with van der Waals surface area (Å²) in [7, 11) is 0. The minimum atomic E-state index is -0.605. The molecule has 24 heavy (non-hydrogen) atoms. The van der Waals surface area contributed by atoms with Gasteiger partial charge in [-0.3, -0.25) is 4.79 Å². The van der Waals surface area contributed by atoms with Crippen LogP contribution in [0.25, 0.3) is 0 Å². The lowest BCUT2D eigenvalue weighted by atomic mass is 9.92. The normalized spacial score (nSPS) is 12.2. The van der Waals surface area contributed by atoms with Gasteiger partial charge in [-0.25, -0.2) is 9.78 Å². The minimum absolute atomic E-state index is 0.0318. The van der Waals surface area contributed by atoms with Crippen LogP contribution in [0.3, 0.4) is 0 Å². The van der Waals surface area contributed by atoms with Crippen molar-refractivity contribution in [3.05, 3.63) is 70.8 Å². The third kappa shape index (κ3) is 4.53. The topological polar surface area (TPSA) is 35.5 Å². The Labute approximate surface area is 144 Å². The molecule has 0 fully saturated rings. The molecule has 3 heteroatoms. The molecule has 0 aliphatic rings. The zero-order chi connectivity index (χ0) is 18.0. The maximum atomic E-state index is 12.6. The highest BCUT2D eigenvalue weighted by Gasteiger charge is 2.27. The summed E-state index contributed by atoms with van der Waals surface area (Å²) in [6, 6.07) is 15.1. The van der Waals surface area contributed by atoms with Crippen molar-refractivity contribution in [3.63, 3.8) is 0 Å². The summed E-state index contributed by atoms with van der Waals surface area (Å²) in [4.78, 5) is 23.7. The van der Waals surface area contributed by atoms with E-state index in [9.17, 15) is 4.79 Å². The van der Waals surface area contributed by atoms with Gasteiger partial charge in [0.25, 0.3) is 0 Å². The van der Waals surface area contributed by atoms with Crippen LogP contribution in [0.15, 0.2) is 48.5 Å². The molecule has 0 amide bonds. The molecule has 2 aromatic carbocycles. The van der Waals surface area contributed by atoms with Crippen LogP contribution in [0.5, 0.6) is 0 Å². The molecule has 2 aromatic rings. The lowest BCUT2D eigenvalue weighted by molar-refractivity contribution is -0.401. The van der Waals surface area contributed by atoms with Gasteiger partial charge in [0, 0.05) is 11.1 Å². The van der Waals surface area contributed by atoms with Crippen LogP contribution in [0.2, 0.25) is 0 Å². The van der Waals surface area contributed by atoms with Crippen LogP contribution in [0.1, 0.15) is 61.7 Å². The second-order valence-electron chi connectivity index (χ2n) is 7.51. The van der Waals surface area contributed by atoms with Gasteiger partial charge in [0.05, 0.1) is 5.60 Å². The van der Waals surface area contributed by atoms with Gasteiger partial charge < -0.3 is 0 Å². The molecule has 3 nitrogen and oxygen atoms in total. The Hall–Kier alpha value is -1.97. The molecular weight excluding hydrogens is 300 g/mol. The van der Waals surface area contributed by atoms with Gasteiger partial charge in [0.1, 0.15) is 5.60 Å². The van der Waals surface area contributed by atoms with E-state index in [0.717, 1.165) is 11.1 Å². The van der Waals surface area contributed by atoms with Gasteiger partial charge in [-0.15, -0.1) is 0 Å². The third-order valence-electron chi connectivity index (χ3n) is 3.70. The molecule has 0 heterocycles. The first-order valence-corrected chi connectivity index (χ1v) is 8.18. The summed E-state index contributed by atoms with van der Waals surface area (Å²) in [5, 5.41) is 0. The van der Waals surface area contributed by atoms with E-state index >= 15 is 0 Å². The highest BCUT2D eigenvalue weighted by molar-refractivity contribution is 6.09. The fourth-order valence-corrected chi connectivity index (χ4v) is 2.32. The van der Waals surface area contributed by atoms with E-state index in [2.05, 4.69) is 0 Å². The summed E-state index contributed by atoms with van der Waals surface area (Å²) >= 11 is 0. The van der Waals surface area contributed by atoms with Crippen molar-refractivity contribution in [2.75, 3.05) is 0 Å². The number of hydrogen-bond donors (Lipinski definition) is 0. The molecule has 0 aromatic heterocycles. The molecule has 0 radical (unpaired) electrons. The number of rotatable bonds is 5. The van der Waals surface area contributed by atoms with E-state index < -0.39 is 5.60 Å². The predicted octanol–water partition coefficient (Wildman–Crippen LogP) is 5.21. The van der Waals surface area contributed by atoms with Crippen LogP contribution >= 0.6 is 0 Å². The number of carbonyl (C=O) groups excluding carboxylic acids is 1. The fourth-order valence-electron chi connectivity index (χ4n) is 2.32. The Morgan fingerprint density at radius 2 is 1.50 bits per heavy atom. The van der Waals surface area contributed by atoms with E-state index in [0.29, 0.717) is 11.1 Å². The van der Waals surface area contributed by atoms with Crippen LogP contribution in [0.4, 0.5) is 0 Å². The quantitative estimate of drug-likeness (QED) is 0.430. The summed E-state index contributed by atoms with van der Waals surface area (Å²) in [5.41, 5.74) is 2.31. The van der Waals surface area contributed by atoms with Crippen molar-refractivity contribution in [1.82, 2.24) is 0 Å². The maximum Gasteiger partial charge on any atom is 0.193 e. The van der Waals surface area contributed by atoms with Crippen LogP contribution in [0, 0.1) is 6.92 Å². The summed E-state index contributed by atoms with van der Waals surface area (Å²) in [6.07, 6.45) is 0. The van der Waals surface area contributed by atoms with E-state index in [1.807, 2.05) is 90.1 Å². The first-order valence-electron chi connectivity index (χ1n) is 8.18. The number of ketones is 1. The number of benzene rings is 2. The van der Waals surface area contributed by atoms with Crippen LogP contribution in [-0.2, 0) is 15.4 Å². The monoisotopic (exact) mass is 326 g/mol. The molecule has 0 aliphatic heterocycles. The summed E-state index contributed by atoms with van der Waals surface area (Å²) in [6.45, 7) is 11.7. The molecule has 128 valence electrons. The SMILES string of the molecule is Cc1cc(C(C)(C)OOC(C)(C)C)ccc1C(=O)c1ccccc1. The Morgan fingerprint density at radius 1 is 0.875 bits per heavy atom. The molecule has 0 saturated carbocycles. The van der Waals surface area contributed by atoms with Crippen molar-refractivity contribution in [3.8, 4) is 0 Å². The lowest BCUT2D eigenvalue weighted by Crippen LogP contribution is -2.29. The summed E-state index contributed by atoms with van der Waals surface area (Å²) < 4.78 is 0. The van der Waals surface area contributed by atoms with Crippen molar-refractivity contribution in [2.24, 2.45) is 0 Å². The second-order valence-corrected chi connectivity index (χ2v) is 7.51. The van der Waals surface area contributed by atoms with Gasteiger partial charge in [-0.2, -0.15) is 0 Å². The van der Waals surface area contributed by atoms with Crippen LogP contribution < -0.4 is 0 Å². The van der Waals surface area contributed by atoms with Gasteiger partial charge in [0.15, 0.2) is 5.78 Å². The van der Waals surface area contributed by atoms with Gasteiger partial charge >= 0.3 is 0 Å².